The van der Waals surface area contributed by atoms with E-state index in [0.29, 0.717) is 12.4 Å². The smallest absolute Gasteiger partial charge is 0.160 e. The first-order chi connectivity index (χ1) is 8.57. The summed E-state index contributed by atoms with van der Waals surface area (Å²) in [4.78, 5) is 8.99. The second kappa shape index (κ2) is 5.24. The molecule has 0 bridgehead atoms. The molecule has 0 radical (unpaired) electrons. The molecule has 98 valence electrons. The Kier molecular flexibility index (Phi) is 3.88. The van der Waals surface area contributed by atoms with E-state index in [1.54, 1.807) is 13.3 Å². The molecular formula is C13H18ClN3O. The van der Waals surface area contributed by atoms with Crippen molar-refractivity contribution in [1.29, 1.82) is 0 Å². The van der Waals surface area contributed by atoms with E-state index in [1.807, 2.05) is 26.0 Å². The molecule has 0 aliphatic rings. The number of alkyl halides is 1. The van der Waals surface area contributed by atoms with Gasteiger partial charge in [-0.3, -0.25) is 0 Å². The lowest BCUT2D eigenvalue weighted by molar-refractivity contribution is 0.00835. The SMILES string of the molecule is COC(C)(C)Cn1c(CCCl)nc2cccnc21. The van der Waals surface area contributed by atoms with E-state index in [0.717, 1.165) is 23.4 Å². The molecule has 0 N–H and O–H groups in total. The molecule has 0 aromatic carbocycles. The normalized spacial score (nSPS) is 12.2. The second-order valence-electron chi connectivity index (χ2n) is 4.86. The van der Waals surface area contributed by atoms with Gasteiger partial charge in [-0.2, -0.15) is 0 Å². The van der Waals surface area contributed by atoms with Crippen LogP contribution in [0.3, 0.4) is 0 Å². The highest BCUT2D eigenvalue weighted by Gasteiger charge is 2.21. The second-order valence-corrected chi connectivity index (χ2v) is 5.24. The number of rotatable bonds is 5. The van der Waals surface area contributed by atoms with Crippen molar-refractivity contribution in [3.8, 4) is 0 Å². The van der Waals surface area contributed by atoms with Gasteiger partial charge in [-0.05, 0) is 26.0 Å². The van der Waals surface area contributed by atoms with E-state index in [4.69, 9.17) is 16.3 Å². The highest BCUT2D eigenvalue weighted by atomic mass is 35.5. The van der Waals surface area contributed by atoms with Gasteiger partial charge in [0.2, 0.25) is 0 Å². The molecule has 2 heterocycles. The van der Waals surface area contributed by atoms with Crippen LogP contribution >= 0.6 is 11.6 Å². The molecule has 0 aliphatic carbocycles. The summed E-state index contributed by atoms with van der Waals surface area (Å²) in [6, 6.07) is 3.86. The maximum Gasteiger partial charge on any atom is 0.160 e. The van der Waals surface area contributed by atoms with Crippen LogP contribution < -0.4 is 0 Å². The van der Waals surface area contributed by atoms with Gasteiger partial charge in [0.15, 0.2) is 5.65 Å². The molecule has 0 unspecified atom stereocenters. The van der Waals surface area contributed by atoms with E-state index < -0.39 is 0 Å². The first-order valence-corrected chi connectivity index (χ1v) is 6.52. The standard InChI is InChI=1S/C13H18ClN3O/c1-13(2,18-3)9-17-11(6-7-14)16-10-5-4-8-15-12(10)17/h4-5,8H,6-7,9H2,1-3H3. The predicted molar refractivity (Wildman–Crippen MR) is 73.0 cm³/mol. The average Bonchev–Trinajstić information content (AvgIpc) is 2.68. The molecule has 0 saturated heterocycles. The number of halogens is 1. The minimum Gasteiger partial charge on any atom is -0.377 e. The maximum atomic E-state index is 5.84. The fourth-order valence-electron chi connectivity index (χ4n) is 1.89. The Morgan fingerprint density at radius 1 is 1.44 bits per heavy atom. The molecule has 18 heavy (non-hydrogen) atoms. The Bertz CT molecular complexity index is 536. The number of aromatic nitrogens is 3. The maximum absolute atomic E-state index is 5.84. The van der Waals surface area contributed by atoms with E-state index >= 15 is 0 Å². The van der Waals surface area contributed by atoms with Gasteiger partial charge in [0.05, 0.1) is 12.1 Å². The fraction of sp³-hybridized carbons (Fsp3) is 0.538. The molecule has 5 heteroatoms. The van der Waals surface area contributed by atoms with Crippen molar-refractivity contribution in [2.24, 2.45) is 0 Å². The topological polar surface area (TPSA) is 39.9 Å². The van der Waals surface area contributed by atoms with Gasteiger partial charge < -0.3 is 9.30 Å². The number of methoxy groups -OCH3 is 1. The van der Waals surface area contributed by atoms with Crippen molar-refractivity contribution in [3.05, 3.63) is 24.2 Å². The van der Waals surface area contributed by atoms with Gasteiger partial charge in [-0.15, -0.1) is 11.6 Å². The van der Waals surface area contributed by atoms with Crippen molar-refractivity contribution in [3.63, 3.8) is 0 Å². The number of fused-ring (bicyclic) bond motifs is 1. The minimum absolute atomic E-state index is 0.258. The first kappa shape index (κ1) is 13.3. The van der Waals surface area contributed by atoms with Crippen LogP contribution in [0.1, 0.15) is 19.7 Å². The van der Waals surface area contributed by atoms with Crippen LogP contribution in [-0.2, 0) is 17.7 Å². The quantitative estimate of drug-likeness (QED) is 0.782. The summed E-state index contributed by atoms with van der Waals surface area (Å²) >= 11 is 5.84. The molecule has 2 rings (SSSR count). The number of hydrogen-bond acceptors (Lipinski definition) is 3. The molecule has 0 saturated carbocycles. The minimum atomic E-state index is -0.258. The third-order valence-electron chi connectivity index (χ3n) is 2.99. The van der Waals surface area contributed by atoms with Gasteiger partial charge in [0, 0.05) is 25.6 Å². The van der Waals surface area contributed by atoms with Crippen molar-refractivity contribution < 1.29 is 4.74 Å². The summed E-state index contributed by atoms with van der Waals surface area (Å²) in [5, 5.41) is 0. The molecule has 0 spiro atoms. The summed E-state index contributed by atoms with van der Waals surface area (Å²) in [6.45, 7) is 4.81. The Labute approximate surface area is 112 Å². The van der Waals surface area contributed by atoms with Crippen molar-refractivity contribution >= 4 is 22.8 Å². The molecule has 0 amide bonds. The molecule has 0 atom stereocenters. The fourth-order valence-corrected chi connectivity index (χ4v) is 2.06. The molecule has 2 aromatic rings. The summed E-state index contributed by atoms with van der Waals surface area (Å²) in [5.74, 6) is 1.51. The van der Waals surface area contributed by atoms with E-state index in [2.05, 4.69) is 14.5 Å². The highest BCUT2D eigenvalue weighted by molar-refractivity contribution is 6.17. The molecule has 2 aromatic heterocycles. The van der Waals surface area contributed by atoms with E-state index in [1.165, 1.54) is 0 Å². The summed E-state index contributed by atoms with van der Waals surface area (Å²) in [5.41, 5.74) is 1.54. The van der Waals surface area contributed by atoms with Crippen LogP contribution in [0.25, 0.3) is 11.2 Å². The van der Waals surface area contributed by atoms with E-state index in [-0.39, 0.29) is 5.60 Å². The van der Waals surface area contributed by atoms with Gasteiger partial charge in [-0.1, -0.05) is 0 Å². The number of aryl methyl sites for hydroxylation is 1. The van der Waals surface area contributed by atoms with Crippen molar-refractivity contribution in [2.45, 2.75) is 32.4 Å². The third-order valence-corrected chi connectivity index (χ3v) is 3.18. The number of pyridine rings is 1. The molecule has 4 nitrogen and oxygen atoms in total. The number of ether oxygens (including phenoxy) is 1. The lowest BCUT2D eigenvalue weighted by Crippen LogP contribution is -2.30. The highest BCUT2D eigenvalue weighted by Crippen LogP contribution is 2.19. The Hall–Kier alpha value is -1.13. The van der Waals surface area contributed by atoms with Crippen LogP contribution in [0.5, 0.6) is 0 Å². The molecule has 0 aliphatic heterocycles. The summed E-state index contributed by atoms with van der Waals surface area (Å²) in [7, 11) is 1.72. The van der Waals surface area contributed by atoms with Crippen LogP contribution in [0.2, 0.25) is 0 Å². The van der Waals surface area contributed by atoms with Crippen LogP contribution in [-0.4, -0.2) is 33.1 Å². The zero-order valence-electron chi connectivity index (χ0n) is 11.0. The zero-order chi connectivity index (χ0) is 13.2. The van der Waals surface area contributed by atoms with Gasteiger partial charge >= 0.3 is 0 Å². The lowest BCUT2D eigenvalue weighted by Gasteiger charge is -2.24. The number of hydrogen-bond donors (Lipinski definition) is 0. The van der Waals surface area contributed by atoms with Gasteiger partial charge in [0.25, 0.3) is 0 Å². The van der Waals surface area contributed by atoms with Crippen molar-refractivity contribution in [2.75, 3.05) is 13.0 Å². The average molecular weight is 268 g/mol. The third kappa shape index (κ3) is 2.65. The predicted octanol–water partition coefficient (Wildman–Crippen LogP) is 2.64. The number of imidazole rings is 1. The van der Waals surface area contributed by atoms with E-state index in [9.17, 15) is 0 Å². The van der Waals surface area contributed by atoms with Crippen LogP contribution in [0.15, 0.2) is 18.3 Å². The Morgan fingerprint density at radius 3 is 2.89 bits per heavy atom. The van der Waals surface area contributed by atoms with Gasteiger partial charge in [-0.25, -0.2) is 9.97 Å². The molecule has 0 fully saturated rings. The zero-order valence-corrected chi connectivity index (χ0v) is 11.7. The largest absolute Gasteiger partial charge is 0.377 e. The number of nitrogens with zero attached hydrogens (tertiary/aromatic N) is 3. The first-order valence-electron chi connectivity index (χ1n) is 5.98. The Morgan fingerprint density at radius 2 is 2.22 bits per heavy atom. The summed E-state index contributed by atoms with van der Waals surface area (Å²) in [6.07, 6.45) is 2.52. The monoisotopic (exact) mass is 267 g/mol. The van der Waals surface area contributed by atoms with Crippen LogP contribution in [0, 0.1) is 0 Å². The van der Waals surface area contributed by atoms with Crippen molar-refractivity contribution in [1.82, 2.24) is 14.5 Å². The molecular weight excluding hydrogens is 250 g/mol. The lowest BCUT2D eigenvalue weighted by atomic mass is 10.1. The Balaban J connectivity index is 2.48. The van der Waals surface area contributed by atoms with Gasteiger partial charge in [0.1, 0.15) is 11.3 Å². The van der Waals surface area contributed by atoms with Crippen LogP contribution in [0.4, 0.5) is 0 Å². The summed E-state index contributed by atoms with van der Waals surface area (Å²) < 4.78 is 7.58.